The Hall–Kier alpha value is -8.40. The Morgan fingerprint density at radius 1 is 0.338 bits per heavy atom. The minimum absolute atomic E-state index is 0.364. The predicted octanol–water partition coefficient (Wildman–Crippen LogP) is 16.3. The third-order valence-electron chi connectivity index (χ3n) is 14.5. The zero-order valence-corrected chi connectivity index (χ0v) is 35.8. The summed E-state index contributed by atoms with van der Waals surface area (Å²) < 4.78 is 4.84. The van der Waals surface area contributed by atoms with E-state index in [9.17, 15) is 0 Å². The Bertz CT molecular complexity index is 3890. The van der Waals surface area contributed by atoms with Crippen LogP contribution in [0.25, 0.3) is 88.4 Å². The molecule has 0 saturated heterocycles. The van der Waals surface area contributed by atoms with Gasteiger partial charge in [0.05, 0.1) is 33.4 Å². The van der Waals surface area contributed by atoms with Gasteiger partial charge in [-0.05, 0) is 124 Å². The maximum Gasteiger partial charge on any atom is 0.0619 e. The van der Waals surface area contributed by atoms with Crippen molar-refractivity contribution in [2.24, 2.45) is 0 Å². The van der Waals surface area contributed by atoms with E-state index >= 15 is 0 Å². The summed E-state index contributed by atoms with van der Waals surface area (Å²) in [5.74, 6) is 0. The van der Waals surface area contributed by atoms with Crippen molar-refractivity contribution in [3.8, 4) is 44.8 Å². The first-order chi connectivity index (χ1) is 32.2. The van der Waals surface area contributed by atoms with Crippen molar-refractivity contribution in [3.05, 3.63) is 247 Å². The van der Waals surface area contributed by atoms with Crippen molar-refractivity contribution >= 4 is 60.7 Å². The lowest BCUT2D eigenvalue weighted by atomic mass is 9.70. The van der Waals surface area contributed by atoms with Crippen LogP contribution < -0.4 is 4.90 Å². The fourth-order valence-corrected chi connectivity index (χ4v) is 11.8. The van der Waals surface area contributed by atoms with Crippen LogP contribution in [0.3, 0.4) is 0 Å². The van der Waals surface area contributed by atoms with E-state index in [4.69, 9.17) is 0 Å². The fourth-order valence-electron chi connectivity index (χ4n) is 11.8. The SMILES string of the molecule is CC12c3ccccc3-c3cccc(c31)N(c1ccc(-c3cccc4c5ccccc5n(-c5ccccc5)c34)cc1)c1ccc(-c3cccc4c3c3ccccc3n4-c3ccccc3)cc12. The molecule has 3 nitrogen and oxygen atoms in total. The molecule has 10 aromatic carbocycles. The van der Waals surface area contributed by atoms with Crippen molar-refractivity contribution < 1.29 is 0 Å². The van der Waals surface area contributed by atoms with E-state index in [0.717, 1.165) is 17.1 Å². The normalized spacial score (nSPS) is 14.9. The van der Waals surface area contributed by atoms with E-state index < -0.39 is 0 Å². The second-order valence-corrected chi connectivity index (χ2v) is 17.8. The maximum absolute atomic E-state index is 2.51. The van der Waals surface area contributed by atoms with E-state index in [1.165, 1.54) is 105 Å². The van der Waals surface area contributed by atoms with Crippen LogP contribution in [0.1, 0.15) is 23.6 Å². The number of nitrogens with zero attached hydrogens (tertiary/aromatic N) is 3. The summed E-state index contributed by atoms with van der Waals surface area (Å²) in [6, 6.07) is 85.2. The molecule has 0 amide bonds. The first-order valence-electron chi connectivity index (χ1n) is 22.6. The monoisotopic (exact) mass is 827 g/mol. The molecule has 14 rings (SSSR count). The first kappa shape index (κ1) is 36.1. The van der Waals surface area contributed by atoms with Crippen molar-refractivity contribution in [2.45, 2.75) is 12.3 Å². The van der Waals surface area contributed by atoms with Crippen LogP contribution in [0.15, 0.2) is 231 Å². The van der Waals surface area contributed by atoms with Crippen molar-refractivity contribution in [3.63, 3.8) is 0 Å². The highest BCUT2D eigenvalue weighted by atomic mass is 15.2. The fraction of sp³-hybridized carbons (Fsp3) is 0.0323. The Kier molecular flexibility index (Phi) is 7.53. The van der Waals surface area contributed by atoms with Crippen LogP contribution in [-0.2, 0) is 5.41 Å². The molecule has 0 spiro atoms. The molecule has 12 aromatic rings. The number of fused-ring (bicyclic) bond motifs is 11. The van der Waals surface area contributed by atoms with Crippen LogP contribution in [0.2, 0.25) is 0 Å². The van der Waals surface area contributed by atoms with Gasteiger partial charge < -0.3 is 14.0 Å². The lowest BCUT2D eigenvalue weighted by Gasteiger charge is -2.42. The number of hydrogen-bond acceptors (Lipinski definition) is 1. The summed E-state index contributed by atoms with van der Waals surface area (Å²) in [7, 11) is 0. The minimum Gasteiger partial charge on any atom is -0.310 e. The van der Waals surface area contributed by atoms with E-state index in [2.05, 4.69) is 251 Å². The molecule has 65 heavy (non-hydrogen) atoms. The Morgan fingerprint density at radius 3 is 1.71 bits per heavy atom. The molecule has 3 heterocycles. The van der Waals surface area contributed by atoms with Gasteiger partial charge in [0.1, 0.15) is 0 Å². The Balaban J connectivity index is 0.972. The van der Waals surface area contributed by atoms with E-state index in [0.29, 0.717) is 0 Å². The number of benzene rings is 10. The molecule has 3 heteroatoms. The van der Waals surface area contributed by atoms with Crippen molar-refractivity contribution in [1.29, 1.82) is 0 Å². The Labute approximate surface area is 377 Å². The number of rotatable bonds is 5. The second kappa shape index (κ2) is 13.6. The Morgan fingerprint density at radius 2 is 0.908 bits per heavy atom. The van der Waals surface area contributed by atoms with Gasteiger partial charge in [0.2, 0.25) is 0 Å². The molecule has 0 fully saturated rings. The third-order valence-corrected chi connectivity index (χ3v) is 14.5. The quantitative estimate of drug-likeness (QED) is 0.168. The molecule has 0 radical (unpaired) electrons. The van der Waals surface area contributed by atoms with Gasteiger partial charge in [0.25, 0.3) is 0 Å². The average molecular weight is 828 g/mol. The molecule has 0 saturated carbocycles. The van der Waals surface area contributed by atoms with Gasteiger partial charge in [-0.1, -0.05) is 158 Å². The molecular formula is C62H41N3. The number of para-hydroxylation sites is 5. The summed E-state index contributed by atoms with van der Waals surface area (Å²) in [6.07, 6.45) is 0. The highest BCUT2D eigenvalue weighted by molar-refractivity contribution is 6.16. The standard InChI is InChI=1S/C62H41N3/c1-62-52-28-11-8-21-47(52)49-26-16-32-58(60(49)62)64(44-36-33-40(34-37-44)46-25-14-27-50-48-22-9-12-29-54(48)65(61(46)50)43-19-6-3-7-20-43)56-38-35-41(39-53(56)62)45-24-15-31-57-59(45)51-23-10-13-30-55(51)63(57)42-17-4-2-5-18-42/h2-39H,1H3. The summed E-state index contributed by atoms with van der Waals surface area (Å²) in [5, 5.41) is 5.04. The molecule has 1 aliphatic heterocycles. The maximum atomic E-state index is 2.51. The molecule has 0 N–H and O–H groups in total. The molecule has 0 bridgehead atoms. The van der Waals surface area contributed by atoms with Gasteiger partial charge in [0.15, 0.2) is 0 Å². The molecule has 2 aliphatic rings. The number of anilines is 3. The van der Waals surface area contributed by atoms with E-state index in [-0.39, 0.29) is 5.41 Å². The summed E-state index contributed by atoms with van der Waals surface area (Å²) in [5.41, 5.74) is 21.9. The highest BCUT2D eigenvalue weighted by Crippen LogP contribution is 2.62. The van der Waals surface area contributed by atoms with Gasteiger partial charge >= 0.3 is 0 Å². The zero-order valence-electron chi connectivity index (χ0n) is 35.8. The third kappa shape index (κ3) is 4.95. The lowest BCUT2D eigenvalue weighted by Crippen LogP contribution is -2.32. The lowest BCUT2D eigenvalue weighted by molar-refractivity contribution is 0.702. The van der Waals surface area contributed by atoms with E-state index in [1.807, 2.05) is 0 Å². The minimum atomic E-state index is -0.364. The molecule has 1 aliphatic carbocycles. The molecule has 1 atom stereocenters. The smallest absolute Gasteiger partial charge is 0.0619 e. The van der Waals surface area contributed by atoms with E-state index in [1.54, 1.807) is 0 Å². The van der Waals surface area contributed by atoms with Gasteiger partial charge in [-0.2, -0.15) is 0 Å². The van der Waals surface area contributed by atoms with Crippen LogP contribution in [0.4, 0.5) is 17.1 Å². The zero-order chi connectivity index (χ0) is 42.8. The summed E-state index contributed by atoms with van der Waals surface area (Å²) >= 11 is 0. The largest absolute Gasteiger partial charge is 0.310 e. The second-order valence-electron chi connectivity index (χ2n) is 17.8. The molecular weight excluding hydrogens is 787 g/mol. The molecule has 1 unspecified atom stereocenters. The van der Waals surface area contributed by atoms with Crippen LogP contribution in [0.5, 0.6) is 0 Å². The van der Waals surface area contributed by atoms with Crippen molar-refractivity contribution in [1.82, 2.24) is 9.13 Å². The van der Waals surface area contributed by atoms with Crippen LogP contribution in [0, 0.1) is 0 Å². The van der Waals surface area contributed by atoms with Gasteiger partial charge in [-0.15, -0.1) is 0 Å². The van der Waals surface area contributed by atoms with Gasteiger partial charge in [-0.3, -0.25) is 0 Å². The van der Waals surface area contributed by atoms with Crippen LogP contribution >= 0.6 is 0 Å². The number of aromatic nitrogens is 2. The molecule has 2 aromatic heterocycles. The van der Waals surface area contributed by atoms with Crippen LogP contribution in [-0.4, -0.2) is 9.13 Å². The molecule has 304 valence electrons. The van der Waals surface area contributed by atoms with Crippen molar-refractivity contribution in [2.75, 3.05) is 4.90 Å². The predicted molar refractivity (Wildman–Crippen MR) is 272 cm³/mol. The van der Waals surface area contributed by atoms with Gasteiger partial charge in [-0.25, -0.2) is 0 Å². The topological polar surface area (TPSA) is 13.1 Å². The highest BCUT2D eigenvalue weighted by Gasteiger charge is 2.48. The van der Waals surface area contributed by atoms with Gasteiger partial charge in [0, 0.05) is 49.6 Å². The summed E-state index contributed by atoms with van der Waals surface area (Å²) in [4.78, 5) is 2.51. The number of hydrogen-bond donors (Lipinski definition) is 0. The summed E-state index contributed by atoms with van der Waals surface area (Å²) in [6.45, 7) is 2.46. The first-order valence-corrected chi connectivity index (χ1v) is 22.6. The average Bonchev–Trinajstić information content (AvgIpc) is 3.99.